The van der Waals surface area contributed by atoms with Gasteiger partial charge in [-0.25, -0.2) is 0 Å². The monoisotopic (exact) mass is 214 g/mol. The van der Waals surface area contributed by atoms with Crippen LogP contribution in [0, 0.1) is 5.92 Å². The molecule has 1 rings (SSSR count). The second kappa shape index (κ2) is 5.83. The minimum absolute atomic E-state index is 0.0684. The molecule has 0 heterocycles. The molecule has 0 saturated heterocycles. The van der Waals surface area contributed by atoms with E-state index >= 15 is 0 Å². The van der Waals surface area contributed by atoms with Crippen molar-refractivity contribution < 1.29 is 5.11 Å². The van der Waals surface area contributed by atoms with Gasteiger partial charge in [0, 0.05) is 18.6 Å². The van der Waals surface area contributed by atoms with Crippen molar-refractivity contribution in [2.75, 3.05) is 33.8 Å². The Hall–Kier alpha value is -0.120. The van der Waals surface area contributed by atoms with Crippen molar-refractivity contribution in [3.63, 3.8) is 0 Å². The minimum Gasteiger partial charge on any atom is -0.394 e. The zero-order chi connectivity index (χ0) is 11.3. The average molecular weight is 214 g/mol. The van der Waals surface area contributed by atoms with Crippen LogP contribution in [0.15, 0.2) is 0 Å². The number of likely N-dealkylation sites (N-methyl/N-ethyl adjacent to an activating group) is 1. The number of nitrogens with one attached hydrogen (secondary N) is 1. The molecule has 1 saturated carbocycles. The van der Waals surface area contributed by atoms with Crippen LogP contribution in [-0.4, -0.2) is 49.3 Å². The van der Waals surface area contributed by atoms with Crippen molar-refractivity contribution in [1.82, 2.24) is 10.2 Å². The summed E-state index contributed by atoms with van der Waals surface area (Å²) in [5.74, 6) is 0.842. The van der Waals surface area contributed by atoms with Gasteiger partial charge in [0.05, 0.1) is 6.61 Å². The highest BCUT2D eigenvalue weighted by molar-refractivity contribution is 4.87. The van der Waals surface area contributed by atoms with Gasteiger partial charge < -0.3 is 15.3 Å². The lowest BCUT2D eigenvalue weighted by atomic mass is 9.77. The van der Waals surface area contributed by atoms with E-state index in [2.05, 4.69) is 31.2 Å². The van der Waals surface area contributed by atoms with Crippen LogP contribution in [-0.2, 0) is 0 Å². The summed E-state index contributed by atoms with van der Waals surface area (Å²) in [6.07, 6.45) is 5.21. The first-order valence-electron chi connectivity index (χ1n) is 6.06. The summed E-state index contributed by atoms with van der Waals surface area (Å²) >= 11 is 0. The molecule has 1 aliphatic rings. The summed E-state index contributed by atoms with van der Waals surface area (Å²) in [5.41, 5.74) is -0.0684. The smallest absolute Gasteiger partial charge is 0.0610 e. The summed E-state index contributed by atoms with van der Waals surface area (Å²) in [4.78, 5) is 2.16. The summed E-state index contributed by atoms with van der Waals surface area (Å²) in [6.45, 7) is 4.37. The molecule has 0 radical (unpaired) electrons. The van der Waals surface area contributed by atoms with E-state index in [1.807, 2.05) is 0 Å². The lowest BCUT2D eigenvalue weighted by Gasteiger charge is -2.37. The quantitative estimate of drug-likeness (QED) is 0.665. The van der Waals surface area contributed by atoms with Crippen molar-refractivity contribution in [2.45, 2.75) is 38.1 Å². The Kier molecular flexibility index (Phi) is 5.03. The Morgan fingerprint density at radius 1 is 1.40 bits per heavy atom. The van der Waals surface area contributed by atoms with Crippen molar-refractivity contribution in [3.05, 3.63) is 0 Å². The molecule has 1 atom stereocenters. The third kappa shape index (κ3) is 4.49. The van der Waals surface area contributed by atoms with Crippen molar-refractivity contribution in [3.8, 4) is 0 Å². The largest absolute Gasteiger partial charge is 0.394 e. The van der Waals surface area contributed by atoms with Gasteiger partial charge in [-0.2, -0.15) is 0 Å². The number of hydrogen-bond acceptors (Lipinski definition) is 3. The summed E-state index contributed by atoms with van der Waals surface area (Å²) < 4.78 is 0. The van der Waals surface area contributed by atoms with Crippen LogP contribution < -0.4 is 5.32 Å². The predicted molar refractivity (Wildman–Crippen MR) is 64.0 cm³/mol. The molecule has 90 valence electrons. The second-order valence-electron chi connectivity index (χ2n) is 5.45. The van der Waals surface area contributed by atoms with Crippen LogP contribution in [0.2, 0.25) is 0 Å². The molecule has 2 N–H and O–H groups in total. The molecule has 0 aliphatic heterocycles. The Balaban J connectivity index is 2.24. The molecule has 0 aromatic heterocycles. The van der Waals surface area contributed by atoms with E-state index in [0.29, 0.717) is 0 Å². The van der Waals surface area contributed by atoms with Crippen LogP contribution in [0.3, 0.4) is 0 Å². The van der Waals surface area contributed by atoms with Gasteiger partial charge in [-0.15, -0.1) is 0 Å². The maximum absolute atomic E-state index is 9.44. The maximum Gasteiger partial charge on any atom is 0.0610 e. The molecular formula is C12H26N2O. The standard InChI is InChI=1S/C12H26N2O/c1-12(10-15,9-11-5-4-6-11)13-7-8-14(2)3/h11,13,15H,4-10H2,1-3H3. The van der Waals surface area contributed by atoms with Crippen molar-refractivity contribution in [1.29, 1.82) is 0 Å². The van der Waals surface area contributed by atoms with Crippen molar-refractivity contribution in [2.24, 2.45) is 5.92 Å². The first-order chi connectivity index (χ1) is 7.06. The number of nitrogens with zero attached hydrogens (tertiary/aromatic N) is 1. The SMILES string of the molecule is CN(C)CCNC(C)(CO)CC1CCC1. The van der Waals surface area contributed by atoms with E-state index in [0.717, 1.165) is 25.4 Å². The summed E-state index contributed by atoms with van der Waals surface area (Å²) in [7, 11) is 4.15. The van der Waals surface area contributed by atoms with Gasteiger partial charge in [-0.3, -0.25) is 0 Å². The van der Waals surface area contributed by atoms with Gasteiger partial charge in [0.2, 0.25) is 0 Å². The Morgan fingerprint density at radius 3 is 2.47 bits per heavy atom. The molecule has 1 aliphatic carbocycles. The minimum atomic E-state index is -0.0684. The molecule has 1 fully saturated rings. The highest BCUT2D eigenvalue weighted by Gasteiger charge is 2.29. The Bertz CT molecular complexity index is 180. The van der Waals surface area contributed by atoms with E-state index in [1.165, 1.54) is 19.3 Å². The lowest BCUT2D eigenvalue weighted by molar-refractivity contribution is 0.123. The number of aliphatic hydroxyl groups is 1. The first kappa shape index (κ1) is 12.9. The van der Waals surface area contributed by atoms with E-state index in [-0.39, 0.29) is 12.1 Å². The van der Waals surface area contributed by atoms with E-state index in [4.69, 9.17) is 0 Å². The normalized spacial score (nSPS) is 21.4. The van der Waals surface area contributed by atoms with E-state index in [1.54, 1.807) is 0 Å². The fraction of sp³-hybridized carbons (Fsp3) is 1.00. The maximum atomic E-state index is 9.44. The molecule has 0 aromatic rings. The van der Waals surface area contributed by atoms with Crippen LogP contribution >= 0.6 is 0 Å². The van der Waals surface area contributed by atoms with Gasteiger partial charge in [-0.05, 0) is 33.4 Å². The highest BCUT2D eigenvalue weighted by atomic mass is 16.3. The molecule has 15 heavy (non-hydrogen) atoms. The summed E-state index contributed by atoms with van der Waals surface area (Å²) in [6, 6.07) is 0. The fourth-order valence-electron chi connectivity index (χ4n) is 2.11. The zero-order valence-electron chi connectivity index (χ0n) is 10.4. The van der Waals surface area contributed by atoms with E-state index < -0.39 is 0 Å². The topological polar surface area (TPSA) is 35.5 Å². The molecular weight excluding hydrogens is 188 g/mol. The third-order valence-corrected chi connectivity index (χ3v) is 3.42. The predicted octanol–water partition coefficient (Wildman–Crippen LogP) is 1.08. The fourth-order valence-corrected chi connectivity index (χ4v) is 2.11. The number of aliphatic hydroxyl groups excluding tert-OH is 1. The average Bonchev–Trinajstić information content (AvgIpc) is 2.11. The van der Waals surface area contributed by atoms with Crippen LogP contribution in [0.25, 0.3) is 0 Å². The van der Waals surface area contributed by atoms with E-state index in [9.17, 15) is 5.11 Å². The first-order valence-corrected chi connectivity index (χ1v) is 6.06. The van der Waals surface area contributed by atoms with Gasteiger partial charge >= 0.3 is 0 Å². The second-order valence-corrected chi connectivity index (χ2v) is 5.45. The third-order valence-electron chi connectivity index (χ3n) is 3.42. The molecule has 0 spiro atoms. The summed E-state index contributed by atoms with van der Waals surface area (Å²) in [5, 5.41) is 12.9. The zero-order valence-corrected chi connectivity index (χ0v) is 10.4. The number of rotatable bonds is 7. The lowest BCUT2D eigenvalue weighted by Crippen LogP contribution is -2.49. The molecule has 1 unspecified atom stereocenters. The van der Waals surface area contributed by atoms with Crippen LogP contribution in [0.4, 0.5) is 0 Å². The molecule has 0 amide bonds. The molecule has 0 aromatic carbocycles. The molecule has 0 bridgehead atoms. The van der Waals surface area contributed by atoms with Gasteiger partial charge in [0.25, 0.3) is 0 Å². The van der Waals surface area contributed by atoms with Crippen LogP contribution in [0.1, 0.15) is 32.6 Å². The number of hydrogen-bond donors (Lipinski definition) is 2. The molecule has 3 heteroatoms. The van der Waals surface area contributed by atoms with Gasteiger partial charge in [0.1, 0.15) is 0 Å². The van der Waals surface area contributed by atoms with Crippen molar-refractivity contribution >= 4 is 0 Å². The highest BCUT2D eigenvalue weighted by Crippen LogP contribution is 2.33. The Labute approximate surface area is 93.9 Å². The Morgan fingerprint density at radius 2 is 2.07 bits per heavy atom. The van der Waals surface area contributed by atoms with Gasteiger partial charge in [0.15, 0.2) is 0 Å². The molecule has 3 nitrogen and oxygen atoms in total. The van der Waals surface area contributed by atoms with Crippen LogP contribution in [0.5, 0.6) is 0 Å². The van der Waals surface area contributed by atoms with Gasteiger partial charge in [-0.1, -0.05) is 19.3 Å².